The van der Waals surface area contributed by atoms with Crippen LogP contribution in [0.5, 0.6) is 0 Å². The van der Waals surface area contributed by atoms with Crippen LogP contribution < -0.4 is 10.6 Å². The van der Waals surface area contributed by atoms with E-state index in [1.54, 1.807) is 0 Å². The normalized spacial score (nSPS) is 19.7. The molecule has 0 radical (unpaired) electrons. The molecule has 1 fully saturated rings. The summed E-state index contributed by atoms with van der Waals surface area (Å²) in [6, 6.07) is 11.2. The summed E-state index contributed by atoms with van der Waals surface area (Å²) in [6.45, 7) is 2.64. The van der Waals surface area contributed by atoms with E-state index in [9.17, 15) is 9.18 Å². The van der Waals surface area contributed by atoms with Crippen LogP contribution in [0.15, 0.2) is 36.4 Å². The number of benzene rings is 2. The Kier molecular flexibility index (Phi) is 3.93. The van der Waals surface area contributed by atoms with Crippen molar-refractivity contribution in [1.29, 1.82) is 0 Å². The highest BCUT2D eigenvalue weighted by molar-refractivity contribution is 6.08. The lowest BCUT2D eigenvalue weighted by Crippen LogP contribution is -2.28. The molecule has 27 heavy (non-hydrogen) atoms. The number of nitrogens with one attached hydrogen (secondary N) is 2. The zero-order valence-electron chi connectivity index (χ0n) is 15.0. The van der Waals surface area contributed by atoms with Crippen molar-refractivity contribution in [2.75, 3.05) is 19.6 Å². The van der Waals surface area contributed by atoms with Gasteiger partial charge in [0.1, 0.15) is 5.82 Å². The molecule has 138 valence electrons. The fourth-order valence-corrected chi connectivity index (χ4v) is 4.29. The maximum atomic E-state index is 14.0. The third-order valence-electron chi connectivity index (χ3n) is 5.63. The highest BCUT2D eigenvalue weighted by atomic mass is 19.1. The molecular weight excluding hydrogens is 343 g/mol. The second kappa shape index (κ2) is 6.46. The minimum Gasteiger partial charge on any atom is -0.352 e. The van der Waals surface area contributed by atoms with Crippen molar-refractivity contribution in [3.05, 3.63) is 59.0 Å². The van der Waals surface area contributed by atoms with Gasteiger partial charge in [0.25, 0.3) is 5.91 Å². The van der Waals surface area contributed by atoms with Crippen molar-refractivity contribution in [2.45, 2.75) is 25.2 Å². The molecule has 2 N–H and O–H groups in total. The Morgan fingerprint density at radius 1 is 1.15 bits per heavy atom. The predicted octanol–water partition coefficient (Wildman–Crippen LogP) is 2.92. The van der Waals surface area contributed by atoms with Gasteiger partial charge < -0.3 is 10.6 Å². The summed E-state index contributed by atoms with van der Waals surface area (Å²) in [5.74, 6) is -0.127. The Balaban J connectivity index is 1.59. The molecule has 1 aromatic heterocycles. The van der Waals surface area contributed by atoms with Gasteiger partial charge in [0.2, 0.25) is 0 Å². The smallest absolute Gasteiger partial charge is 0.252 e. The van der Waals surface area contributed by atoms with Gasteiger partial charge in [0.15, 0.2) is 0 Å². The monoisotopic (exact) mass is 364 g/mol. The molecule has 6 heteroatoms. The predicted molar refractivity (Wildman–Crippen MR) is 102 cm³/mol. The van der Waals surface area contributed by atoms with E-state index in [4.69, 9.17) is 0 Å². The number of piperidine rings is 1. The zero-order valence-corrected chi connectivity index (χ0v) is 15.0. The zero-order chi connectivity index (χ0) is 18.4. The van der Waals surface area contributed by atoms with Gasteiger partial charge in [-0.25, -0.2) is 9.07 Å². The Morgan fingerprint density at radius 2 is 2.00 bits per heavy atom. The Labute approximate surface area is 156 Å². The number of rotatable bonds is 2. The summed E-state index contributed by atoms with van der Waals surface area (Å²) >= 11 is 0. The van der Waals surface area contributed by atoms with E-state index in [0.717, 1.165) is 29.9 Å². The van der Waals surface area contributed by atoms with Gasteiger partial charge >= 0.3 is 0 Å². The fraction of sp³-hybridized carbons (Fsp3) is 0.333. The summed E-state index contributed by atoms with van der Waals surface area (Å²) in [7, 11) is 0. The first-order chi connectivity index (χ1) is 13.2. The lowest BCUT2D eigenvalue weighted by atomic mass is 9.91. The van der Waals surface area contributed by atoms with E-state index >= 15 is 0 Å². The average molecular weight is 364 g/mol. The van der Waals surface area contributed by atoms with Crippen molar-refractivity contribution < 1.29 is 9.18 Å². The summed E-state index contributed by atoms with van der Waals surface area (Å²) in [5.41, 5.74) is 4.11. The van der Waals surface area contributed by atoms with Gasteiger partial charge in [-0.3, -0.25) is 4.79 Å². The molecule has 3 aromatic rings. The maximum absolute atomic E-state index is 14.0. The number of carbonyl (C=O) groups is 1. The highest BCUT2D eigenvalue weighted by Gasteiger charge is 2.24. The van der Waals surface area contributed by atoms with E-state index in [1.807, 2.05) is 4.68 Å². The molecule has 1 atom stereocenters. The minimum atomic E-state index is -0.439. The van der Waals surface area contributed by atoms with Crippen molar-refractivity contribution in [2.24, 2.45) is 0 Å². The average Bonchev–Trinajstić information content (AvgIpc) is 2.97. The summed E-state index contributed by atoms with van der Waals surface area (Å²) < 4.78 is 15.8. The van der Waals surface area contributed by atoms with Gasteiger partial charge in [-0.2, -0.15) is 5.10 Å². The van der Waals surface area contributed by atoms with Crippen molar-refractivity contribution >= 4 is 16.8 Å². The summed E-state index contributed by atoms with van der Waals surface area (Å²) in [5, 5.41) is 11.7. The van der Waals surface area contributed by atoms with Crippen LogP contribution in [0.3, 0.4) is 0 Å². The Morgan fingerprint density at radius 3 is 2.78 bits per heavy atom. The molecule has 1 amide bonds. The topological polar surface area (TPSA) is 59.0 Å². The first-order valence-corrected chi connectivity index (χ1v) is 9.51. The quantitative estimate of drug-likeness (QED) is 0.735. The lowest BCUT2D eigenvalue weighted by molar-refractivity contribution is 0.0956. The van der Waals surface area contributed by atoms with E-state index in [2.05, 4.69) is 40.0 Å². The second-order valence-electron chi connectivity index (χ2n) is 7.35. The molecular formula is C21H21FN4O. The Hall–Kier alpha value is -2.73. The lowest BCUT2D eigenvalue weighted by Gasteiger charge is -2.23. The fourth-order valence-electron chi connectivity index (χ4n) is 4.29. The van der Waals surface area contributed by atoms with Crippen LogP contribution in [0.25, 0.3) is 16.6 Å². The van der Waals surface area contributed by atoms with E-state index in [0.29, 0.717) is 30.0 Å². The van der Waals surface area contributed by atoms with Gasteiger partial charge in [-0.15, -0.1) is 0 Å². The largest absolute Gasteiger partial charge is 0.352 e. The van der Waals surface area contributed by atoms with Gasteiger partial charge in [0.05, 0.1) is 22.5 Å². The number of hydrogen-bond acceptors (Lipinski definition) is 3. The van der Waals surface area contributed by atoms with Gasteiger partial charge in [-0.1, -0.05) is 12.1 Å². The molecule has 2 aliphatic rings. The summed E-state index contributed by atoms with van der Waals surface area (Å²) in [6.07, 6.45) is 3.07. The standard InChI is InChI=1S/C21H21FN4O/c22-15-10-17-20-18(11-15)25-26(19(20)7-9-24-21(17)27)16-5-3-13(4-6-16)14-2-1-8-23-12-14/h3-6,10-11,14,23H,1-2,7-9,12H2,(H,24,27)/t14-/m1/s1. The molecule has 0 saturated carbocycles. The molecule has 5 rings (SSSR count). The van der Waals surface area contributed by atoms with Crippen LogP contribution in [0.1, 0.15) is 40.4 Å². The Bertz CT molecular complexity index is 1020. The van der Waals surface area contributed by atoms with E-state index in [-0.39, 0.29) is 5.91 Å². The van der Waals surface area contributed by atoms with Gasteiger partial charge in [0, 0.05) is 31.0 Å². The van der Waals surface area contributed by atoms with Crippen LogP contribution in [-0.4, -0.2) is 35.3 Å². The third-order valence-corrected chi connectivity index (χ3v) is 5.63. The summed E-state index contributed by atoms with van der Waals surface area (Å²) in [4.78, 5) is 12.3. The first-order valence-electron chi connectivity index (χ1n) is 9.51. The number of nitrogens with zero attached hydrogens (tertiary/aromatic N) is 2. The minimum absolute atomic E-state index is 0.238. The SMILES string of the molecule is O=C1NCCc2c3c1cc(F)cc3nn2-c1ccc([C@@H]2CCCNC2)cc1. The number of aromatic nitrogens is 2. The second-order valence-corrected chi connectivity index (χ2v) is 7.35. The molecule has 2 aliphatic heterocycles. The number of hydrogen-bond donors (Lipinski definition) is 2. The van der Waals surface area contributed by atoms with Crippen molar-refractivity contribution in [3.63, 3.8) is 0 Å². The van der Waals surface area contributed by atoms with Crippen molar-refractivity contribution in [1.82, 2.24) is 20.4 Å². The number of halogens is 1. The number of amides is 1. The first kappa shape index (κ1) is 16.4. The molecule has 2 aromatic carbocycles. The van der Waals surface area contributed by atoms with Crippen LogP contribution >= 0.6 is 0 Å². The molecule has 0 aliphatic carbocycles. The van der Waals surface area contributed by atoms with Crippen molar-refractivity contribution in [3.8, 4) is 5.69 Å². The number of carbonyl (C=O) groups excluding carboxylic acids is 1. The van der Waals surface area contributed by atoms with Crippen LogP contribution in [0.2, 0.25) is 0 Å². The van der Waals surface area contributed by atoms with E-state index in [1.165, 1.54) is 30.5 Å². The molecule has 0 bridgehead atoms. The highest BCUT2D eigenvalue weighted by Crippen LogP contribution is 2.30. The molecule has 0 spiro atoms. The molecule has 3 heterocycles. The van der Waals surface area contributed by atoms with Gasteiger partial charge in [-0.05, 0) is 49.1 Å². The molecule has 5 nitrogen and oxygen atoms in total. The molecule has 1 saturated heterocycles. The third kappa shape index (κ3) is 2.80. The molecule has 0 unspecified atom stereocenters. The van der Waals surface area contributed by atoms with Crippen LogP contribution in [0.4, 0.5) is 4.39 Å². The van der Waals surface area contributed by atoms with E-state index < -0.39 is 5.82 Å². The maximum Gasteiger partial charge on any atom is 0.252 e. The van der Waals surface area contributed by atoms with Crippen LogP contribution in [-0.2, 0) is 6.42 Å². The van der Waals surface area contributed by atoms with Crippen LogP contribution in [0, 0.1) is 5.82 Å².